The summed E-state index contributed by atoms with van der Waals surface area (Å²) in [6, 6.07) is 6.52. The zero-order valence-electron chi connectivity index (χ0n) is 12.7. The first kappa shape index (κ1) is 16.7. The number of nitrogens with zero attached hydrogens (tertiary/aromatic N) is 1. The van der Waals surface area contributed by atoms with E-state index in [-0.39, 0.29) is 23.6 Å². The highest BCUT2D eigenvalue weighted by Crippen LogP contribution is 2.24. The van der Waals surface area contributed by atoms with Gasteiger partial charge in [0.05, 0.1) is 0 Å². The average molecular weight is 369 g/mol. The predicted molar refractivity (Wildman–Crippen MR) is 86.3 cm³/mol. The predicted octanol–water partition coefficient (Wildman–Crippen LogP) is 4.45. The lowest BCUT2D eigenvalue weighted by Gasteiger charge is -2.12. The van der Waals surface area contributed by atoms with E-state index in [4.69, 9.17) is 4.52 Å². The van der Waals surface area contributed by atoms with Gasteiger partial charge in [0.2, 0.25) is 5.91 Å². The number of benzene rings is 1. The van der Waals surface area contributed by atoms with Gasteiger partial charge in [-0.05, 0) is 24.1 Å². The third-order valence-electron chi connectivity index (χ3n) is 3.15. The van der Waals surface area contributed by atoms with Crippen molar-refractivity contribution >= 4 is 27.7 Å². The quantitative estimate of drug-likeness (QED) is 0.867. The van der Waals surface area contributed by atoms with Crippen LogP contribution in [0.3, 0.4) is 0 Å². The molecule has 0 aliphatic heterocycles. The molecule has 1 N–H and O–H groups in total. The van der Waals surface area contributed by atoms with E-state index in [2.05, 4.69) is 26.4 Å². The SMILES string of the molecule is CC(C)(C)c1cc(NC(=O)CCc2ccc(Br)cc2F)no1. The Kier molecular flexibility index (Phi) is 5.01. The van der Waals surface area contributed by atoms with Crippen LogP contribution in [0.5, 0.6) is 0 Å². The first-order chi connectivity index (χ1) is 10.3. The van der Waals surface area contributed by atoms with Crippen molar-refractivity contribution in [2.24, 2.45) is 0 Å². The van der Waals surface area contributed by atoms with E-state index >= 15 is 0 Å². The Balaban J connectivity index is 1.92. The highest BCUT2D eigenvalue weighted by molar-refractivity contribution is 9.10. The Morgan fingerprint density at radius 3 is 2.68 bits per heavy atom. The molecule has 0 atom stereocenters. The topological polar surface area (TPSA) is 55.1 Å². The molecule has 1 aromatic heterocycles. The number of carbonyl (C=O) groups is 1. The number of amides is 1. The molecule has 0 saturated carbocycles. The fourth-order valence-corrected chi connectivity index (χ4v) is 2.20. The van der Waals surface area contributed by atoms with Crippen LogP contribution in [0.2, 0.25) is 0 Å². The minimum atomic E-state index is -0.321. The summed E-state index contributed by atoms with van der Waals surface area (Å²) in [5.41, 5.74) is 0.338. The van der Waals surface area contributed by atoms with E-state index in [0.29, 0.717) is 28.0 Å². The lowest BCUT2D eigenvalue weighted by Crippen LogP contribution is -2.13. The van der Waals surface area contributed by atoms with Gasteiger partial charge in [0.15, 0.2) is 5.82 Å². The van der Waals surface area contributed by atoms with E-state index in [1.807, 2.05) is 20.8 Å². The number of aryl methyl sites for hydroxylation is 1. The van der Waals surface area contributed by atoms with Crippen molar-refractivity contribution in [3.63, 3.8) is 0 Å². The van der Waals surface area contributed by atoms with Gasteiger partial charge in [-0.1, -0.05) is 47.9 Å². The van der Waals surface area contributed by atoms with Crippen LogP contribution in [0.1, 0.15) is 38.5 Å². The summed E-state index contributed by atoms with van der Waals surface area (Å²) in [4.78, 5) is 11.9. The minimum Gasteiger partial charge on any atom is -0.359 e. The van der Waals surface area contributed by atoms with Crippen LogP contribution in [0.25, 0.3) is 0 Å². The molecule has 0 unspecified atom stereocenters. The van der Waals surface area contributed by atoms with Crippen molar-refractivity contribution < 1.29 is 13.7 Å². The summed E-state index contributed by atoms with van der Waals surface area (Å²) >= 11 is 3.20. The second-order valence-corrected chi connectivity index (χ2v) is 7.03. The molecular weight excluding hydrogens is 351 g/mol. The molecule has 0 saturated heterocycles. The molecule has 0 fully saturated rings. The highest BCUT2D eigenvalue weighted by Gasteiger charge is 2.20. The molecule has 0 radical (unpaired) electrons. The van der Waals surface area contributed by atoms with Crippen molar-refractivity contribution in [1.82, 2.24) is 5.16 Å². The first-order valence-electron chi connectivity index (χ1n) is 6.96. The number of anilines is 1. The molecule has 0 aliphatic rings. The number of hydrogen-bond acceptors (Lipinski definition) is 3. The summed E-state index contributed by atoms with van der Waals surface area (Å²) in [5, 5.41) is 6.48. The van der Waals surface area contributed by atoms with E-state index in [1.54, 1.807) is 18.2 Å². The zero-order valence-corrected chi connectivity index (χ0v) is 14.3. The van der Waals surface area contributed by atoms with Crippen LogP contribution >= 0.6 is 15.9 Å². The van der Waals surface area contributed by atoms with Crippen LogP contribution in [0.4, 0.5) is 10.2 Å². The lowest BCUT2D eigenvalue weighted by molar-refractivity contribution is -0.116. The smallest absolute Gasteiger partial charge is 0.225 e. The van der Waals surface area contributed by atoms with Crippen LogP contribution in [-0.2, 0) is 16.6 Å². The van der Waals surface area contributed by atoms with Gasteiger partial charge >= 0.3 is 0 Å². The summed E-state index contributed by atoms with van der Waals surface area (Å²) < 4.78 is 19.5. The monoisotopic (exact) mass is 368 g/mol. The standard InChI is InChI=1S/C16H18BrFN2O2/c1-16(2,3)13-9-14(20-22-13)19-15(21)7-5-10-4-6-11(17)8-12(10)18/h4,6,8-9H,5,7H2,1-3H3,(H,19,20,21). The van der Waals surface area contributed by atoms with Gasteiger partial charge in [-0.3, -0.25) is 4.79 Å². The fourth-order valence-electron chi connectivity index (χ4n) is 1.87. The number of halogens is 2. The molecule has 2 aromatic rings. The van der Waals surface area contributed by atoms with Crippen LogP contribution in [0, 0.1) is 5.82 Å². The van der Waals surface area contributed by atoms with Crippen molar-refractivity contribution in [3.05, 3.63) is 45.9 Å². The lowest BCUT2D eigenvalue weighted by atomic mass is 9.93. The highest BCUT2D eigenvalue weighted by atomic mass is 79.9. The van der Waals surface area contributed by atoms with Crippen molar-refractivity contribution in [1.29, 1.82) is 0 Å². The van der Waals surface area contributed by atoms with Gasteiger partial charge < -0.3 is 9.84 Å². The summed E-state index contributed by atoms with van der Waals surface area (Å²) in [7, 11) is 0. The van der Waals surface area contributed by atoms with Crippen LogP contribution in [-0.4, -0.2) is 11.1 Å². The molecule has 6 heteroatoms. The normalized spacial score (nSPS) is 11.5. The second-order valence-electron chi connectivity index (χ2n) is 6.11. The summed E-state index contributed by atoms with van der Waals surface area (Å²) in [5.74, 6) is 0.530. The molecule has 118 valence electrons. The van der Waals surface area contributed by atoms with Crippen molar-refractivity contribution in [3.8, 4) is 0 Å². The third kappa shape index (κ3) is 4.40. The van der Waals surface area contributed by atoms with Gasteiger partial charge in [-0.15, -0.1) is 0 Å². The second kappa shape index (κ2) is 6.60. The molecule has 1 aromatic carbocycles. The van der Waals surface area contributed by atoms with E-state index in [9.17, 15) is 9.18 Å². The molecule has 4 nitrogen and oxygen atoms in total. The molecule has 0 bridgehead atoms. The molecule has 0 aliphatic carbocycles. The Morgan fingerprint density at radius 2 is 2.09 bits per heavy atom. The van der Waals surface area contributed by atoms with Crippen LogP contribution in [0.15, 0.2) is 33.3 Å². The number of nitrogens with one attached hydrogen (secondary N) is 1. The molecule has 2 rings (SSSR count). The van der Waals surface area contributed by atoms with Gasteiger partial charge in [0.25, 0.3) is 0 Å². The minimum absolute atomic E-state index is 0.170. The molecule has 0 spiro atoms. The maximum Gasteiger partial charge on any atom is 0.225 e. The first-order valence-corrected chi connectivity index (χ1v) is 7.76. The number of carbonyl (C=O) groups excluding carboxylic acids is 1. The molecule has 1 heterocycles. The maximum absolute atomic E-state index is 13.7. The number of rotatable bonds is 4. The molecular formula is C16H18BrFN2O2. The van der Waals surface area contributed by atoms with Crippen molar-refractivity contribution in [2.45, 2.75) is 39.0 Å². The Morgan fingerprint density at radius 1 is 1.36 bits per heavy atom. The van der Waals surface area contributed by atoms with Gasteiger partial charge in [0.1, 0.15) is 11.6 Å². The molecule has 1 amide bonds. The van der Waals surface area contributed by atoms with Gasteiger partial charge in [-0.2, -0.15) is 0 Å². The summed E-state index contributed by atoms with van der Waals surface area (Å²) in [6.07, 6.45) is 0.505. The van der Waals surface area contributed by atoms with Crippen molar-refractivity contribution in [2.75, 3.05) is 5.32 Å². The number of aromatic nitrogens is 1. The Labute approximate surface area is 137 Å². The summed E-state index contributed by atoms with van der Waals surface area (Å²) in [6.45, 7) is 5.99. The maximum atomic E-state index is 13.7. The van der Waals surface area contributed by atoms with E-state index < -0.39 is 0 Å². The molecule has 22 heavy (non-hydrogen) atoms. The fraction of sp³-hybridized carbons (Fsp3) is 0.375. The van der Waals surface area contributed by atoms with Gasteiger partial charge in [0, 0.05) is 22.4 Å². The Bertz CT molecular complexity index is 677. The van der Waals surface area contributed by atoms with Gasteiger partial charge in [-0.25, -0.2) is 4.39 Å². The van der Waals surface area contributed by atoms with E-state index in [1.165, 1.54) is 6.07 Å². The Hall–Kier alpha value is -1.69. The largest absolute Gasteiger partial charge is 0.359 e. The number of hydrogen-bond donors (Lipinski definition) is 1. The zero-order chi connectivity index (χ0) is 16.3. The average Bonchev–Trinajstić information content (AvgIpc) is 2.86. The van der Waals surface area contributed by atoms with E-state index in [0.717, 1.165) is 0 Å². The van der Waals surface area contributed by atoms with Crippen LogP contribution < -0.4 is 5.32 Å². The third-order valence-corrected chi connectivity index (χ3v) is 3.65.